The zero-order valence-corrected chi connectivity index (χ0v) is 15.8. The summed E-state index contributed by atoms with van der Waals surface area (Å²) in [5, 5.41) is 10.9. The number of thiophene rings is 1. The molecule has 26 heavy (non-hydrogen) atoms. The lowest BCUT2D eigenvalue weighted by Gasteiger charge is -2.08. The van der Waals surface area contributed by atoms with Crippen molar-refractivity contribution in [2.45, 2.75) is 46.2 Å². The molecule has 0 radical (unpaired) electrons. The molecule has 3 aromatic rings. The summed E-state index contributed by atoms with van der Waals surface area (Å²) in [6, 6.07) is 4.09. The second-order valence-corrected chi connectivity index (χ2v) is 7.38. The summed E-state index contributed by atoms with van der Waals surface area (Å²) in [6.07, 6.45) is 0.593. The van der Waals surface area contributed by atoms with E-state index >= 15 is 0 Å². The lowest BCUT2D eigenvalue weighted by atomic mass is 10.1. The second kappa shape index (κ2) is 7.69. The van der Waals surface area contributed by atoms with Crippen molar-refractivity contribution in [1.82, 2.24) is 24.9 Å². The average Bonchev–Trinajstić information content (AvgIpc) is 3.21. The van der Waals surface area contributed by atoms with Crippen LogP contribution in [0.3, 0.4) is 0 Å². The van der Waals surface area contributed by atoms with Gasteiger partial charge in [0.2, 0.25) is 11.9 Å². The number of nitrogens with zero attached hydrogens (tertiary/aromatic N) is 3. The smallest absolute Gasteiger partial charge is 0.277 e. The number of amides is 1. The molecule has 0 atom stereocenters. The van der Waals surface area contributed by atoms with Crippen molar-refractivity contribution in [3.05, 3.63) is 44.0 Å². The van der Waals surface area contributed by atoms with Gasteiger partial charge in [0.05, 0.1) is 12.2 Å². The molecule has 1 amide bonds. The highest BCUT2D eigenvalue weighted by molar-refractivity contribution is 7.09. The second-order valence-electron chi connectivity index (χ2n) is 6.34. The van der Waals surface area contributed by atoms with Gasteiger partial charge in [0.15, 0.2) is 0 Å². The predicted molar refractivity (Wildman–Crippen MR) is 102 cm³/mol. The maximum Gasteiger partial charge on any atom is 0.277 e. The molecule has 0 aliphatic carbocycles. The van der Waals surface area contributed by atoms with Crippen LogP contribution in [0.15, 0.2) is 22.3 Å². The molecule has 0 unspecified atom stereocenters. The molecule has 0 aromatic carbocycles. The molecule has 8 nitrogen and oxygen atoms in total. The number of hydrogen-bond donors (Lipinski definition) is 3. The number of H-pyrrole nitrogens is 1. The van der Waals surface area contributed by atoms with Crippen LogP contribution in [-0.4, -0.2) is 31.5 Å². The number of carbonyl (C=O) groups excluding carboxylic acids is 1. The van der Waals surface area contributed by atoms with Gasteiger partial charge in [-0.05, 0) is 38.6 Å². The Morgan fingerprint density at radius 1 is 1.38 bits per heavy atom. The van der Waals surface area contributed by atoms with E-state index in [2.05, 4.69) is 25.7 Å². The molecule has 0 aliphatic rings. The molecule has 3 heterocycles. The Kier molecular flexibility index (Phi) is 5.36. The topological polar surface area (TPSA) is 104 Å². The van der Waals surface area contributed by atoms with E-state index in [-0.39, 0.29) is 23.9 Å². The molecule has 0 bridgehead atoms. The van der Waals surface area contributed by atoms with Crippen molar-refractivity contribution in [3.63, 3.8) is 0 Å². The minimum atomic E-state index is -0.221. The molecule has 9 heteroatoms. The molecule has 3 N–H and O–H groups in total. The molecule has 3 aromatic heterocycles. The molecular formula is C17H22N6O2S. The number of aryl methyl sites for hydroxylation is 1. The number of anilines is 1. The Bertz CT molecular complexity index is 958. The molecular weight excluding hydrogens is 352 g/mol. The van der Waals surface area contributed by atoms with Crippen LogP contribution < -0.4 is 16.2 Å². The highest BCUT2D eigenvalue weighted by atomic mass is 32.1. The molecule has 138 valence electrons. The van der Waals surface area contributed by atoms with Crippen LogP contribution in [0.2, 0.25) is 0 Å². The average molecular weight is 374 g/mol. The Labute approximate surface area is 154 Å². The number of carbonyl (C=O) groups is 1. The molecule has 0 fully saturated rings. The third kappa shape index (κ3) is 4.10. The maximum absolute atomic E-state index is 12.7. The summed E-state index contributed by atoms with van der Waals surface area (Å²) in [5.41, 5.74) is 0.903. The fraction of sp³-hybridized carbons (Fsp3) is 0.412. The molecule has 0 aliphatic heterocycles. The first kappa shape index (κ1) is 18.1. The summed E-state index contributed by atoms with van der Waals surface area (Å²) >= 11 is 1.64. The van der Waals surface area contributed by atoms with Gasteiger partial charge in [-0.25, -0.2) is 4.98 Å². The Morgan fingerprint density at radius 2 is 2.19 bits per heavy atom. The Hall–Kier alpha value is -2.68. The van der Waals surface area contributed by atoms with E-state index in [1.807, 2.05) is 31.4 Å². The van der Waals surface area contributed by atoms with Crippen molar-refractivity contribution in [2.24, 2.45) is 0 Å². The first-order valence-corrected chi connectivity index (χ1v) is 9.36. The Morgan fingerprint density at radius 3 is 2.88 bits per heavy atom. The van der Waals surface area contributed by atoms with Crippen molar-refractivity contribution in [2.75, 3.05) is 5.32 Å². The maximum atomic E-state index is 12.7. The van der Waals surface area contributed by atoms with Gasteiger partial charge in [0, 0.05) is 22.9 Å². The van der Waals surface area contributed by atoms with Gasteiger partial charge < -0.3 is 10.6 Å². The summed E-state index contributed by atoms with van der Waals surface area (Å²) < 4.78 is 1.32. The van der Waals surface area contributed by atoms with Crippen molar-refractivity contribution < 1.29 is 4.79 Å². The van der Waals surface area contributed by atoms with E-state index in [1.54, 1.807) is 18.3 Å². The zero-order valence-electron chi connectivity index (χ0n) is 15.0. The molecule has 0 saturated carbocycles. The first-order valence-electron chi connectivity index (χ1n) is 8.48. The SMILES string of the molecule is Cc1nc2nc(NCc3cccs3)[nH]n2c(=O)c1CCC(=O)NC(C)C. The zero-order chi connectivity index (χ0) is 18.7. The monoisotopic (exact) mass is 374 g/mol. The lowest BCUT2D eigenvalue weighted by molar-refractivity contribution is -0.121. The minimum Gasteiger partial charge on any atom is -0.354 e. The summed E-state index contributed by atoms with van der Waals surface area (Å²) in [6.45, 7) is 6.19. The normalized spacial score (nSPS) is 11.2. The fourth-order valence-corrected chi connectivity index (χ4v) is 3.28. The van der Waals surface area contributed by atoms with Gasteiger partial charge in [-0.15, -0.1) is 11.3 Å². The minimum absolute atomic E-state index is 0.0770. The van der Waals surface area contributed by atoms with E-state index in [0.29, 0.717) is 35.9 Å². The van der Waals surface area contributed by atoms with E-state index in [9.17, 15) is 9.59 Å². The lowest BCUT2D eigenvalue weighted by Crippen LogP contribution is -2.31. The van der Waals surface area contributed by atoms with Gasteiger partial charge in [0.25, 0.3) is 11.3 Å². The van der Waals surface area contributed by atoms with Gasteiger partial charge in [0.1, 0.15) is 0 Å². The molecule has 3 rings (SSSR count). The number of nitrogens with one attached hydrogen (secondary N) is 3. The van der Waals surface area contributed by atoms with Gasteiger partial charge in [-0.1, -0.05) is 6.07 Å². The van der Waals surface area contributed by atoms with Gasteiger partial charge in [-0.3, -0.25) is 14.7 Å². The van der Waals surface area contributed by atoms with Crippen LogP contribution in [0.5, 0.6) is 0 Å². The van der Waals surface area contributed by atoms with Crippen LogP contribution in [0, 0.1) is 6.92 Å². The number of aromatic nitrogens is 4. The number of rotatable bonds is 7. The largest absolute Gasteiger partial charge is 0.354 e. The predicted octanol–water partition coefficient (Wildman–Crippen LogP) is 1.86. The Balaban J connectivity index is 1.78. The molecule has 0 saturated heterocycles. The van der Waals surface area contributed by atoms with Crippen LogP contribution in [0.4, 0.5) is 5.95 Å². The van der Waals surface area contributed by atoms with Crippen molar-refractivity contribution in [1.29, 1.82) is 0 Å². The molecule has 0 spiro atoms. The third-order valence-corrected chi connectivity index (χ3v) is 4.73. The van der Waals surface area contributed by atoms with E-state index < -0.39 is 0 Å². The quantitative estimate of drug-likeness (QED) is 0.585. The summed E-state index contributed by atoms with van der Waals surface area (Å²) in [4.78, 5) is 34.4. The highest BCUT2D eigenvalue weighted by Crippen LogP contribution is 2.11. The summed E-state index contributed by atoms with van der Waals surface area (Å²) in [7, 11) is 0. The number of hydrogen-bond acceptors (Lipinski definition) is 6. The van der Waals surface area contributed by atoms with E-state index in [1.165, 1.54) is 9.39 Å². The number of aromatic amines is 1. The van der Waals surface area contributed by atoms with Crippen LogP contribution in [0.25, 0.3) is 5.78 Å². The highest BCUT2D eigenvalue weighted by Gasteiger charge is 2.15. The number of fused-ring (bicyclic) bond motifs is 1. The van der Waals surface area contributed by atoms with Crippen LogP contribution >= 0.6 is 11.3 Å². The summed E-state index contributed by atoms with van der Waals surface area (Å²) in [5.74, 6) is 0.723. The van der Waals surface area contributed by atoms with E-state index in [0.717, 1.165) is 0 Å². The van der Waals surface area contributed by atoms with Crippen LogP contribution in [0.1, 0.15) is 36.4 Å². The fourth-order valence-electron chi connectivity index (χ4n) is 2.64. The van der Waals surface area contributed by atoms with Gasteiger partial charge >= 0.3 is 0 Å². The standard InChI is InChI=1S/C17H22N6O2S/c1-10(2)19-14(24)7-6-13-11(3)20-17-21-16(22-23(17)15(13)25)18-9-12-5-4-8-26-12/h4-5,8,10H,6-7,9H2,1-3H3,(H,19,24)(H2,18,20,21,22). The van der Waals surface area contributed by atoms with Gasteiger partial charge in [-0.2, -0.15) is 9.50 Å². The van der Waals surface area contributed by atoms with E-state index in [4.69, 9.17) is 0 Å². The van der Waals surface area contributed by atoms with Crippen molar-refractivity contribution in [3.8, 4) is 0 Å². The first-order chi connectivity index (χ1) is 12.4. The third-order valence-electron chi connectivity index (χ3n) is 3.86. The van der Waals surface area contributed by atoms with Crippen LogP contribution in [-0.2, 0) is 17.8 Å². The van der Waals surface area contributed by atoms with Crippen molar-refractivity contribution >= 4 is 29.0 Å².